The number of carbonyl (C=O) groups excluding carboxylic acids is 3. The van der Waals surface area contributed by atoms with Gasteiger partial charge in [0.15, 0.2) is 5.70 Å². The molecule has 0 saturated carbocycles. The molecule has 3 atom stereocenters. The van der Waals surface area contributed by atoms with Crippen molar-refractivity contribution in [2.45, 2.75) is 23.9 Å². The number of likely N-dealkylation sites (tertiary alicyclic amines) is 1. The van der Waals surface area contributed by atoms with Gasteiger partial charge in [-0.15, -0.1) is 11.3 Å². The number of rotatable bonds is 4. The molecule has 0 radical (unpaired) electrons. The molecule has 9 nitrogen and oxygen atoms in total. The predicted molar refractivity (Wildman–Crippen MR) is 125 cm³/mol. The maximum absolute atomic E-state index is 13.6. The Labute approximate surface area is 199 Å². The molecule has 1 N–H and O–H groups in total. The zero-order valence-corrected chi connectivity index (χ0v) is 19.7. The van der Waals surface area contributed by atoms with Gasteiger partial charge in [-0.3, -0.25) is 9.69 Å². The highest BCUT2D eigenvalue weighted by Gasteiger charge is 2.66. The van der Waals surface area contributed by atoms with E-state index in [1.807, 2.05) is 36.2 Å². The average Bonchev–Trinajstić information content (AvgIpc) is 3.57. The third kappa shape index (κ3) is 2.82. The highest BCUT2D eigenvalue weighted by atomic mass is 32.1. The number of ether oxygens (including phenoxy) is 2. The smallest absolute Gasteiger partial charge is 0.357 e. The lowest BCUT2D eigenvalue weighted by Gasteiger charge is -2.39. The van der Waals surface area contributed by atoms with Crippen LogP contribution in [0, 0.1) is 0 Å². The lowest BCUT2D eigenvalue weighted by atomic mass is 9.69. The number of aliphatic hydroxyl groups is 1. The number of hydrogen-bond acceptors (Lipinski definition) is 9. The van der Waals surface area contributed by atoms with E-state index >= 15 is 0 Å². The van der Waals surface area contributed by atoms with Crippen LogP contribution in [0.2, 0.25) is 0 Å². The number of thiophene rings is 1. The van der Waals surface area contributed by atoms with Crippen LogP contribution in [-0.4, -0.2) is 73.6 Å². The van der Waals surface area contributed by atoms with E-state index in [2.05, 4.69) is 4.99 Å². The van der Waals surface area contributed by atoms with E-state index < -0.39 is 29.4 Å². The summed E-state index contributed by atoms with van der Waals surface area (Å²) in [6.45, 7) is -0.308. The van der Waals surface area contributed by atoms with Gasteiger partial charge in [-0.05, 0) is 29.5 Å². The standard InChI is InChI=1S/C24H23N3O6S/c1-26-15-8-5-4-7-14(15)24-11-13(12-28)27(20(29)16-9-6-10-34-16)23(24)25-18(22(31)33-3)17(19(24)26)21(30)32-2/h4-10,13,19,28H,11-12H2,1-3H3/t13?,19?,24-/m0/s1. The summed E-state index contributed by atoms with van der Waals surface area (Å²) in [5.41, 5.74) is 0.625. The highest BCUT2D eigenvalue weighted by molar-refractivity contribution is 7.12. The first-order chi connectivity index (χ1) is 16.4. The molecule has 1 fully saturated rings. The molecule has 5 rings (SSSR count). The van der Waals surface area contributed by atoms with E-state index in [-0.39, 0.29) is 23.8 Å². The minimum absolute atomic E-state index is 0.0684. The summed E-state index contributed by atoms with van der Waals surface area (Å²) < 4.78 is 10.0. The zero-order valence-electron chi connectivity index (χ0n) is 18.8. The maximum Gasteiger partial charge on any atom is 0.357 e. The Morgan fingerprint density at radius 2 is 1.88 bits per heavy atom. The number of anilines is 1. The van der Waals surface area contributed by atoms with Crippen LogP contribution >= 0.6 is 11.3 Å². The number of nitrogens with zero attached hydrogens (tertiary/aromatic N) is 3. The summed E-state index contributed by atoms with van der Waals surface area (Å²) in [6, 6.07) is 9.82. The third-order valence-electron chi connectivity index (χ3n) is 6.86. The molecule has 3 aliphatic heterocycles. The number of methoxy groups -OCH3 is 2. The van der Waals surface area contributed by atoms with Crippen molar-refractivity contribution in [2.24, 2.45) is 4.99 Å². The van der Waals surface area contributed by atoms with Crippen LogP contribution in [0.1, 0.15) is 21.7 Å². The average molecular weight is 482 g/mol. The van der Waals surface area contributed by atoms with Crippen LogP contribution in [-0.2, 0) is 24.5 Å². The largest absolute Gasteiger partial charge is 0.466 e. The third-order valence-corrected chi connectivity index (χ3v) is 7.72. The van der Waals surface area contributed by atoms with E-state index in [0.717, 1.165) is 11.3 Å². The molecular weight excluding hydrogens is 458 g/mol. The van der Waals surface area contributed by atoms with Gasteiger partial charge in [0, 0.05) is 12.7 Å². The molecule has 3 aliphatic rings. The van der Waals surface area contributed by atoms with Crippen LogP contribution < -0.4 is 4.90 Å². The molecule has 0 bridgehead atoms. The molecular formula is C24H23N3O6S. The molecule has 2 aromatic rings. The van der Waals surface area contributed by atoms with Crippen LogP contribution in [0.5, 0.6) is 0 Å². The summed E-state index contributed by atoms with van der Waals surface area (Å²) >= 11 is 1.28. The van der Waals surface area contributed by atoms with Crippen LogP contribution in [0.4, 0.5) is 5.69 Å². The van der Waals surface area contributed by atoms with Gasteiger partial charge in [0.25, 0.3) is 5.91 Å². The summed E-state index contributed by atoms with van der Waals surface area (Å²) in [6.07, 6.45) is 0.320. The number of fused-ring (bicyclic) bond motifs is 1. The Balaban J connectivity index is 1.83. The molecule has 1 aromatic heterocycles. The van der Waals surface area contributed by atoms with Crippen molar-refractivity contribution in [3.63, 3.8) is 0 Å². The Morgan fingerprint density at radius 1 is 1.15 bits per heavy atom. The van der Waals surface area contributed by atoms with Crippen LogP contribution in [0.15, 0.2) is 58.0 Å². The molecule has 2 unspecified atom stereocenters. The molecule has 0 aliphatic carbocycles. The second kappa shape index (κ2) is 8.07. The number of hydrogen-bond donors (Lipinski definition) is 1. The Hall–Kier alpha value is -3.50. The molecule has 1 amide bonds. The normalized spacial score (nSPS) is 24.9. The number of carbonyl (C=O) groups is 3. The summed E-state index contributed by atoms with van der Waals surface area (Å²) in [4.78, 5) is 48.0. The van der Waals surface area contributed by atoms with Crippen molar-refractivity contribution in [1.29, 1.82) is 0 Å². The van der Waals surface area contributed by atoms with Crippen molar-refractivity contribution in [3.05, 3.63) is 63.5 Å². The van der Waals surface area contributed by atoms with Gasteiger partial charge in [0.05, 0.1) is 48.8 Å². The quantitative estimate of drug-likeness (QED) is 0.663. The van der Waals surface area contributed by atoms with Crippen molar-refractivity contribution in [1.82, 2.24) is 4.90 Å². The minimum Gasteiger partial charge on any atom is -0.466 e. The summed E-state index contributed by atoms with van der Waals surface area (Å²) in [5, 5.41) is 12.1. The van der Waals surface area contributed by atoms with E-state index in [1.165, 1.54) is 30.5 Å². The van der Waals surface area contributed by atoms with Crippen molar-refractivity contribution in [2.75, 3.05) is 32.8 Å². The maximum atomic E-state index is 13.6. The molecule has 34 heavy (non-hydrogen) atoms. The van der Waals surface area contributed by atoms with Crippen LogP contribution in [0.3, 0.4) is 0 Å². The number of amidine groups is 1. The first-order valence-corrected chi connectivity index (χ1v) is 11.6. The monoisotopic (exact) mass is 481 g/mol. The fourth-order valence-corrected chi connectivity index (χ4v) is 6.23. The fourth-order valence-electron chi connectivity index (χ4n) is 5.57. The topological polar surface area (TPSA) is 109 Å². The lowest BCUT2D eigenvalue weighted by Crippen LogP contribution is -2.55. The number of benzene rings is 1. The number of para-hydroxylation sites is 1. The van der Waals surface area contributed by atoms with E-state index in [0.29, 0.717) is 17.1 Å². The Morgan fingerprint density at radius 3 is 2.53 bits per heavy atom. The van der Waals surface area contributed by atoms with Crippen LogP contribution in [0.25, 0.3) is 0 Å². The molecule has 10 heteroatoms. The summed E-state index contributed by atoms with van der Waals surface area (Å²) in [7, 11) is 4.28. The molecule has 1 saturated heterocycles. The number of amides is 1. The van der Waals surface area contributed by atoms with Gasteiger partial charge >= 0.3 is 11.9 Å². The molecule has 1 aromatic carbocycles. The molecule has 176 valence electrons. The number of likely N-dealkylation sites (N-methyl/N-ethyl adjacent to an activating group) is 1. The van der Waals surface area contributed by atoms with E-state index in [4.69, 9.17) is 9.47 Å². The molecule has 4 heterocycles. The van der Waals surface area contributed by atoms with Gasteiger partial charge in [0.2, 0.25) is 0 Å². The second-order valence-corrected chi connectivity index (χ2v) is 9.32. The fraction of sp³-hybridized carbons (Fsp3) is 0.333. The first-order valence-electron chi connectivity index (χ1n) is 10.7. The lowest BCUT2D eigenvalue weighted by molar-refractivity contribution is -0.139. The van der Waals surface area contributed by atoms with Crippen molar-refractivity contribution < 1.29 is 29.0 Å². The molecule has 1 spiro atoms. The van der Waals surface area contributed by atoms with Gasteiger partial charge in [-0.25, -0.2) is 14.6 Å². The zero-order chi connectivity index (χ0) is 24.2. The SMILES string of the molecule is COC(=O)C1=C(C(=O)OC)C2N(C)c3ccccc3[C@@]23CC(CO)N(C(=O)c2cccs2)C3=N1. The number of aliphatic imine (C=N–C) groups is 1. The van der Waals surface area contributed by atoms with Crippen molar-refractivity contribution in [3.8, 4) is 0 Å². The minimum atomic E-state index is -0.952. The number of aliphatic hydroxyl groups excluding tert-OH is 1. The van der Waals surface area contributed by atoms with E-state index in [9.17, 15) is 19.5 Å². The van der Waals surface area contributed by atoms with Gasteiger partial charge in [-0.1, -0.05) is 24.3 Å². The first kappa shape index (κ1) is 22.3. The Kier molecular flexibility index (Phi) is 5.29. The van der Waals surface area contributed by atoms with Crippen molar-refractivity contribution >= 4 is 40.7 Å². The van der Waals surface area contributed by atoms with Gasteiger partial charge in [-0.2, -0.15) is 0 Å². The Bertz CT molecular complexity index is 1250. The highest BCUT2D eigenvalue weighted by Crippen LogP contribution is 2.57. The summed E-state index contributed by atoms with van der Waals surface area (Å²) in [5.74, 6) is -1.50. The van der Waals surface area contributed by atoms with Gasteiger partial charge < -0.3 is 19.5 Å². The van der Waals surface area contributed by atoms with Gasteiger partial charge in [0.1, 0.15) is 5.84 Å². The second-order valence-electron chi connectivity index (χ2n) is 8.38. The van der Waals surface area contributed by atoms with E-state index in [1.54, 1.807) is 17.5 Å². The number of esters is 2. The predicted octanol–water partition coefficient (Wildman–Crippen LogP) is 1.72.